The number of hydrogen-bond donors (Lipinski definition) is 0. The summed E-state index contributed by atoms with van der Waals surface area (Å²) in [7, 11) is 1.61. The van der Waals surface area contributed by atoms with Crippen molar-refractivity contribution in [3.8, 4) is 0 Å². The zero-order valence-electron chi connectivity index (χ0n) is 4.39. The largest absolute Gasteiger partial charge is 0.385 e. The van der Waals surface area contributed by atoms with Crippen molar-refractivity contribution in [3.63, 3.8) is 0 Å². The van der Waals surface area contributed by atoms with E-state index in [0.717, 1.165) is 12.7 Å². The lowest BCUT2D eigenvalue weighted by Crippen LogP contribution is -1.88. The van der Waals surface area contributed by atoms with Crippen LogP contribution in [-0.4, -0.2) is 20.0 Å². The van der Waals surface area contributed by atoms with Gasteiger partial charge in [0.2, 0.25) is 0 Å². The van der Waals surface area contributed by atoms with Crippen molar-refractivity contribution in [1.29, 1.82) is 0 Å². The molecule has 0 aliphatic heterocycles. The quantitative estimate of drug-likeness (QED) is 0.379. The predicted molar refractivity (Wildman–Crippen MR) is 26.9 cm³/mol. The van der Waals surface area contributed by atoms with E-state index in [-0.39, 0.29) is 0 Å². The summed E-state index contributed by atoms with van der Waals surface area (Å²) < 4.78 is 4.65. The van der Waals surface area contributed by atoms with Gasteiger partial charge in [0.25, 0.3) is 0 Å². The molecule has 0 aromatic carbocycles. The summed E-state index contributed by atoms with van der Waals surface area (Å²) in [5.74, 6) is 0. The Balaban J connectivity index is 2.56. The average molecular weight is 101 g/mol. The molecule has 0 spiro atoms. The van der Waals surface area contributed by atoms with Crippen LogP contribution in [0.4, 0.5) is 0 Å². The molecule has 0 bridgehead atoms. The van der Waals surface area contributed by atoms with E-state index in [9.17, 15) is 4.79 Å². The SMILES string of the molecule is COCC[CH]C=O. The van der Waals surface area contributed by atoms with Crippen LogP contribution in [0, 0.1) is 6.42 Å². The highest BCUT2D eigenvalue weighted by molar-refractivity contribution is 5.60. The summed E-state index contributed by atoms with van der Waals surface area (Å²) >= 11 is 0. The van der Waals surface area contributed by atoms with Gasteiger partial charge in [-0.15, -0.1) is 0 Å². The maximum atomic E-state index is 9.57. The Labute approximate surface area is 43.5 Å². The topological polar surface area (TPSA) is 26.3 Å². The molecule has 0 N–H and O–H groups in total. The van der Waals surface area contributed by atoms with Crippen molar-refractivity contribution in [1.82, 2.24) is 0 Å². The van der Waals surface area contributed by atoms with E-state index >= 15 is 0 Å². The molecule has 0 amide bonds. The number of ether oxygens (including phenoxy) is 1. The Kier molecular flexibility index (Phi) is 5.33. The second-order valence-corrected chi connectivity index (χ2v) is 1.15. The molecule has 0 rings (SSSR count). The Morgan fingerprint density at radius 1 is 1.71 bits per heavy atom. The lowest BCUT2D eigenvalue weighted by atomic mass is 10.4. The molecule has 0 aromatic heterocycles. The van der Waals surface area contributed by atoms with Gasteiger partial charge >= 0.3 is 0 Å². The molecule has 0 unspecified atom stereocenters. The number of carbonyl (C=O) groups excluding carboxylic acids is 1. The van der Waals surface area contributed by atoms with Crippen molar-refractivity contribution in [2.75, 3.05) is 13.7 Å². The minimum Gasteiger partial charge on any atom is -0.385 e. The fourth-order valence-corrected chi connectivity index (χ4v) is 0.254. The minimum atomic E-state index is 0.638. The number of carbonyl (C=O) groups is 1. The molecular formula is C5H9O2. The van der Waals surface area contributed by atoms with E-state index in [4.69, 9.17) is 0 Å². The van der Waals surface area contributed by atoms with Crippen LogP contribution in [0.1, 0.15) is 6.42 Å². The lowest BCUT2D eigenvalue weighted by Gasteiger charge is -1.88. The molecule has 0 aliphatic carbocycles. The number of hydrogen-bond acceptors (Lipinski definition) is 2. The highest BCUT2D eigenvalue weighted by Crippen LogP contribution is 1.80. The molecular weight excluding hydrogens is 92.1 g/mol. The molecule has 1 radical (unpaired) electrons. The maximum Gasteiger partial charge on any atom is 0.123 e. The van der Waals surface area contributed by atoms with Gasteiger partial charge in [0.05, 0.1) is 0 Å². The molecule has 2 nitrogen and oxygen atoms in total. The second-order valence-electron chi connectivity index (χ2n) is 1.15. The van der Waals surface area contributed by atoms with Gasteiger partial charge < -0.3 is 9.53 Å². The number of rotatable bonds is 4. The van der Waals surface area contributed by atoms with Crippen molar-refractivity contribution in [2.45, 2.75) is 6.42 Å². The molecule has 41 valence electrons. The predicted octanol–water partition coefficient (Wildman–Crippen LogP) is 0.426. The highest BCUT2D eigenvalue weighted by atomic mass is 16.5. The van der Waals surface area contributed by atoms with Gasteiger partial charge in [-0.2, -0.15) is 0 Å². The van der Waals surface area contributed by atoms with Gasteiger partial charge in [0.1, 0.15) is 6.29 Å². The molecule has 0 heterocycles. The number of aldehydes is 1. The van der Waals surface area contributed by atoms with Crippen LogP contribution >= 0.6 is 0 Å². The van der Waals surface area contributed by atoms with E-state index < -0.39 is 0 Å². The third-order valence-corrected chi connectivity index (χ3v) is 0.585. The zero-order valence-corrected chi connectivity index (χ0v) is 4.39. The molecule has 0 saturated carbocycles. The molecule has 2 heteroatoms. The van der Waals surface area contributed by atoms with Gasteiger partial charge in [0.15, 0.2) is 0 Å². The molecule has 0 saturated heterocycles. The first-order chi connectivity index (χ1) is 3.41. The summed E-state index contributed by atoms with van der Waals surface area (Å²) in [4.78, 5) is 9.57. The molecule has 0 fully saturated rings. The van der Waals surface area contributed by atoms with Crippen molar-refractivity contribution in [3.05, 3.63) is 6.42 Å². The third-order valence-electron chi connectivity index (χ3n) is 0.585. The van der Waals surface area contributed by atoms with Gasteiger partial charge in [-0.05, 0) is 6.42 Å². The van der Waals surface area contributed by atoms with Crippen LogP contribution in [-0.2, 0) is 9.53 Å². The second kappa shape index (κ2) is 5.63. The first-order valence-electron chi connectivity index (χ1n) is 2.17. The highest BCUT2D eigenvalue weighted by Gasteiger charge is 1.80. The van der Waals surface area contributed by atoms with E-state index in [1.165, 1.54) is 6.42 Å². The third kappa shape index (κ3) is 5.63. The van der Waals surface area contributed by atoms with Crippen molar-refractivity contribution < 1.29 is 9.53 Å². The first kappa shape index (κ1) is 6.63. The molecule has 0 aliphatic rings. The fraction of sp³-hybridized carbons (Fsp3) is 0.600. The van der Waals surface area contributed by atoms with Gasteiger partial charge in [0, 0.05) is 20.1 Å². The zero-order chi connectivity index (χ0) is 5.54. The van der Waals surface area contributed by atoms with Gasteiger partial charge in [-0.3, -0.25) is 0 Å². The molecule has 0 aromatic rings. The summed E-state index contributed by atoms with van der Waals surface area (Å²) in [5, 5.41) is 0. The van der Waals surface area contributed by atoms with Crippen LogP contribution in [0.15, 0.2) is 0 Å². The maximum absolute atomic E-state index is 9.57. The van der Waals surface area contributed by atoms with Crippen molar-refractivity contribution in [2.24, 2.45) is 0 Å². The summed E-state index contributed by atoms with van der Waals surface area (Å²) in [6.45, 7) is 0.638. The first-order valence-corrected chi connectivity index (χ1v) is 2.17. The van der Waals surface area contributed by atoms with Crippen LogP contribution in [0.3, 0.4) is 0 Å². The van der Waals surface area contributed by atoms with Gasteiger partial charge in [-0.25, -0.2) is 0 Å². The average Bonchev–Trinajstić information content (AvgIpc) is 1.69. The van der Waals surface area contributed by atoms with Crippen LogP contribution < -0.4 is 0 Å². The van der Waals surface area contributed by atoms with Gasteiger partial charge in [-0.1, -0.05) is 0 Å². The number of unbranched alkanes of at least 4 members (excludes halogenated alkanes) is 1. The minimum absolute atomic E-state index is 0.638. The molecule has 0 atom stereocenters. The van der Waals surface area contributed by atoms with Crippen LogP contribution in [0.5, 0.6) is 0 Å². The van der Waals surface area contributed by atoms with E-state index in [2.05, 4.69) is 4.74 Å². The van der Waals surface area contributed by atoms with Crippen molar-refractivity contribution >= 4 is 6.29 Å². The normalized spacial score (nSPS) is 8.71. The standard InChI is InChI=1S/C5H9O2/c1-7-5-3-2-4-6/h2,4H,3,5H2,1H3. The monoisotopic (exact) mass is 101 g/mol. The smallest absolute Gasteiger partial charge is 0.123 e. The summed E-state index contributed by atoms with van der Waals surface area (Å²) in [5.41, 5.74) is 0. The number of methoxy groups -OCH3 is 1. The lowest BCUT2D eigenvalue weighted by molar-refractivity contribution is -0.105. The summed E-state index contributed by atoms with van der Waals surface area (Å²) in [6.07, 6.45) is 3.03. The van der Waals surface area contributed by atoms with E-state index in [0.29, 0.717) is 6.61 Å². The Morgan fingerprint density at radius 2 is 2.43 bits per heavy atom. The fourth-order valence-electron chi connectivity index (χ4n) is 0.254. The van der Waals surface area contributed by atoms with E-state index in [1.807, 2.05) is 0 Å². The van der Waals surface area contributed by atoms with E-state index in [1.54, 1.807) is 7.11 Å². The molecule has 7 heavy (non-hydrogen) atoms. The Bertz CT molecular complexity index is 43.3. The summed E-state index contributed by atoms with van der Waals surface area (Å²) in [6, 6.07) is 0. The Morgan fingerprint density at radius 3 is 2.86 bits per heavy atom. The Hall–Kier alpha value is -0.370. The van der Waals surface area contributed by atoms with Crippen LogP contribution in [0.2, 0.25) is 0 Å². The van der Waals surface area contributed by atoms with Crippen LogP contribution in [0.25, 0.3) is 0 Å².